The van der Waals surface area contributed by atoms with Crippen molar-refractivity contribution in [3.05, 3.63) is 53.6 Å². The first-order valence-electron chi connectivity index (χ1n) is 11.9. The molecule has 0 unspecified atom stereocenters. The molecule has 12 heteroatoms. The fourth-order valence-electron chi connectivity index (χ4n) is 4.03. The lowest BCUT2D eigenvalue weighted by Crippen LogP contribution is -2.48. The van der Waals surface area contributed by atoms with E-state index in [1.807, 2.05) is 13.8 Å². The molecule has 204 valence electrons. The third-order valence-electron chi connectivity index (χ3n) is 6.50. The van der Waals surface area contributed by atoms with Gasteiger partial charge in [0.2, 0.25) is 15.9 Å². The molecule has 0 saturated carbocycles. The quantitative estimate of drug-likeness (QED) is 0.510. The summed E-state index contributed by atoms with van der Waals surface area (Å²) in [5, 5.41) is 9.74. The number of rotatable bonds is 8. The fourth-order valence-corrected chi connectivity index (χ4v) is 5.50. The standard InChI is InChI=1S/C25H35N3O7S2/c1-17-6-9-22(10-7-17)37(33,34)26-21-8-11-23-20(12-21)13-25(30)28(19(3)16-29)14-18(2)24(35-23)15-27(4)36(5,31)32/h6-12,18-19,24,26,29H,13-16H2,1-5H3/t18-,19-,24-/m1/s1. The molecule has 1 amide bonds. The number of fused-ring (bicyclic) bond motifs is 1. The van der Waals surface area contributed by atoms with Crippen molar-refractivity contribution in [1.29, 1.82) is 0 Å². The number of amides is 1. The van der Waals surface area contributed by atoms with E-state index in [1.165, 1.54) is 23.5 Å². The van der Waals surface area contributed by atoms with Crippen LogP contribution in [0.15, 0.2) is 47.4 Å². The Hall–Kier alpha value is -2.67. The lowest BCUT2D eigenvalue weighted by Gasteiger charge is -2.33. The van der Waals surface area contributed by atoms with E-state index in [0.717, 1.165) is 11.8 Å². The smallest absolute Gasteiger partial charge is 0.261 e. The Kier molecular flexibility index (Phi) is 8.89. The molecule has 0 fully saturated rings. The molecule has 3 rings (SSSR count). The van der Waals surface area contributed by atoms with Gasteiger partial charge in [-0.05, 0) is 44.2 Å². The maximum atomic E-state index is 13.3. The number of aliphatic hydroxyl groups excluding tert-OH is 1. The van der Waals surface area contributed by atoms with Crippen LogP contribution in [0.1, 0.15) is 25.0 Å². The molecule has 0 saturated heterocycles. The van der Waals surface area contributed by atoms with E-state index in [0.29, 0.717) is 11.3 Å². The summed E-state index contributed by atoms with van der Waals surface area (Å²) in [6.45, 7) is 5.52. The largest absolute Gasteiger partial charge is 0.488 e. The summed E-state index contributed by atoms with van der Waals surface area (Å²) in [5.41, 5.74) is 1.64. The average molecular weight is 554 g/mol. The number of anilines is 1. The summed E-state index contributed by atoms with van der Waals surface area (Å²) in [6.07, 6.45) is 0.422. The lowest BCUT2D eigenvalue weighted by molar-refractivity contribution is -0.134. The van der Waals surface area contributed by atoms with Crippen molar-refractivity contribution in [2.24, 2.45) is 5.92 Å². The van der Waals surface area contributed by atoms with Gasteiger partial charge in [-0.3, -0.25) is 9.52 Å². The third kappa shape index (κ3) is 7.22. The number of hydrogen-bond donors (Lipinski definition) is 2. The Morgan fingerprint density at radius 3 is 2.41 bits per heavy atom. The highest BCUT2D eigenvalue weighted by Gasteiger charge is 2.32. The highest BCUT2D eigenvalue weighted by atomic mass is 32.2. The van der Waals surface area contributed by atoms with E-state index < -0.39 is 32.2 Å². The molecule has 37 heavy (non-hydrogen) atoms. The van der Waals surface area contributed by atoms with Crippen molar-refractivity contribution in [3.8, 4) is 5.75 Å². The summed E-state index contributed by atoms with van der Waals surface area (Å²) in [6, 6.07) is 10.7. The predicted octanol–water partition coefficient (Wildman–Crippen LogP) is 1.84. The van der Waals surface area contributed by atoms with Crippen LogP contribution in [-0.4, -0.2) is 82.2 Å². The van der Waals surface area contributed by atoms with Gasteiger partial charge in [0.1, 0.15) is 11.9 Å². The molecule has 1 heterocycles. The van der Waals surface area contributed by atoms with Crippen LogP contribution in [0.25, 0.3) is 0 Å². The second-order valence-corrected chi connectivity index (χ2v) is 13.4. The Morgan fingerprint density at radius 2 is 1.81 bits per heavy atom. The van der Waals surface area contributed by atoms with Crippen LogP contribution in [0, 0.1) is 12.8 Å². The van der Waals surface area contributed by atoms with E-state index in [9.17, 15) is 26.7 Å². The summed E-state index contributed by atoms with van der Waals surface area (Å²) >= 11 is 0. The van der Waals surface area contributed by atoms with Crippen LogP contribution < -0.4 is 9.46 Å². The van der Waals surface area contributed by atoms with Gasteiger partial charge >= 0.3 is 0 Å². The van der Waals surface area contributed by atoms with Crippen molar-refractivity contribution in [3.63, 3.8) is 0 Å². The monoisotopic (exact) mass is 553 g/mol. The number of benzene rings is 2. The first-order chi connectivity index (χ1) is 17.2. The molecule has 1 aliphatic heterocycles. The maximum Gasteiger partial charge on any atom is 0.261 e. The molecule has 0 spiro atoms. The van der Waals surface area contributed by atoms with Gasteiger partial charge in [0, 0.05) is 30.8 Å². The Labute approximate surface area is 219 Å². The van der Waals surface area contributed by atoms with E-state index in [2.05, 4.69) is 4.72 Å². The van der Waals surface area contributed by atoms with Crippen LogP contribution in [0.3, 0.4) is 0 Å². The second kappa shape index (κ2) is 11.4. The number of nitrogens with zero attached hydrogens (tertiary/aromatic N) is 2. The van der Waals surface area contributed by atoms with Gasteiger partial charge in [-0.1, -0.05) is 24.6 Å². The molecule has 2 N–H and O–H groups in total. The van der Waals surface area contributed by atoms with Crippen LogP contribution in [-0.2, 0) is 31.3 Å². The molecular weight excluding hydrogens is 518 g/mol. The molecule has 0 radical (unpaired) electrons. The van der Waals surface area contributed by atoms with E-state index >= 15 is 0 Å². The zero-order valence-corrected chi connectivity index (χ0v) is 23.3. The lowest BCUT2D eigenvalue weighted by atomic mass is 10.0. The van der Waals surface area contributed by atoms with Gasteiger partial charge < -0.3 is 14.7 Å². The van der Waals surface area contributed by atoms with Crippen molar-refractivity contribution in [2.45, 2.75) is 44.2 Å². The SMILES string of the molecule is Cc1ccc(S(=O)(=O)Nc2ccc3c(c2)CC(=O)N([C@H](C)CO)C[C@@H](C)[C@@H](CN(C)S(C)(=O)=O)O3)cc1. The van der Waals surface area contributed by atoms with Crippen molar-refractivity contribution in [2.75, 3.05) is 37.7 Å². The van der Waals surface area contributed by atoms with E-state index in [-0.39, 0.29) is 48.5 Å². The molecule has 3 atom stereocenters. The molecule has 2 aromatic carbocycles. The molecular formula is C25H35N3O7S2. The minimum absolute atomic E-state index is 0.0524. The topological polar surface area (TPSA) is 133 Å². The van der Waals surface area contributed by atoms with Gasteiger partial charge in [0.05, 0.1) is 36.8 Å². The number of carbonyl (C=O) groups is 1. The van der Waals surface area contributed by atoms with Crippen molar-refractivity contribution >= 4 is 31.6 Å². The minimum atomic E-state index is -3.87. The number of aryl methyl sites for hydroxylation is 1. The summed E-state index contributed by atoms with van der Waals surface area (Å²) < 4.78 is 60.0. The summed E-state index contributed by atoms with van der Waals surface area (Å²) in [5.74, 6) is -0.161. The number of sulfonamides is 2. The van der Waals surface area contributed by atoms with Gasteiger partial charge in [-0.25, -0.2) is 21.1 Å². The first kappa shape index (κ1) is 28.9. The Balaban J connectivity index is 1.99. The van der Waals surface area contributed by atoms with Gasteiger partial charge in [0.15, 0.2) is 0 Å². The van der Waals surface area contributed by atoms with Gasteiger partial charge in [-0.15, -0.1) is 0 Å². The van der Waals surface area contributed by atoms with Crippen LogP contribution >= 0.6 is 0 Å². The number of aliphatic hydroxyl groups is 1. The van der Waals surface area contributed by atoms with E-state index in [4.69, 9.17) is 4.74 Å². The fraction of sp³-hybridized carbons (Fsp3) is 0.480. The van der Waals surface area contributed by atoms with E-state index in [1.54, 1.807) is 42.2 Å². The first-order valence-corrected chi connectivity index (χ1v) is 15.2. The summed E-state index contributed by atoms with van der Waals surface area (Å²) in [7, 11) is -5.89. The molecule has 0 aliphatic carbocycles. The molecule has 0 aromatic heterocycles. The average Bonchev–Trinajstić information content (AvgIpc) is 2.86. The number of hydrogen-bond acceptors (Lipinski definition) is 7. The van der Waals surface area contributed by atoms with Crippen molar-refractivity contribution in [1.82, 2.24) is 9.21 Å². The molecule has 1 aliphatic rings. The van der Waals surface area contributed by atoms with Crippen LogP contribution in [0.2, 0.25) is 0 Å². The third-order valence-corrected chi connectivity index (χ3v) is 9.18. The number of ether oxygens (including phenoxy) is 1. The zero-order chi connectivity index (χ0) is 27.5. The van der Waals surface area contributed by atoms with Crippen molar-refractivity contribution < 1.29 is 31.5 Å². The summed E-state index contributed by atoms with van der Waals surface area (Å²) in [4.78, 5) is 14.9. The number of carbonyl (C=O) groups excluding carboxylic acids is 1. The highest BCUT2D eigenvalue weighted by Crippen LogP contribution is 2.30. The molecule has 10 nitrogen and oxygen atoms in total. The number of likely N-dealkylation sites (N-methyl/N-ethyl adjacent to an activating group) is 1. The minimum Gasteiger partial charge on any atom is -0.488 e. The zero-order valence-electron chi connectivity index (χ0n) is 21.7. The second-order valence-electron chi connectivity index (χ2n) is 9.67. The highest BCUT2D eigenvalue weighted by molar-refractivity contribution is 7.92. The predicted molar refractivity (Wildman–Crippen MR) is 141 cm³/mol. The van der Waals surface area contributed by atoms with Crippen LogP contribution in [0.4, 0.5) is 5.69 Å². The normalized spacial score (nSPS) is 19.9. The maximum absolute atomic E-state index is 13.3. The van der Waals surface area contributed by atoms with Gasteiger partial charge in [0.25, 0.3) is 10.0 Å². The van der Waals surface area contributed by atoms with Crippen LogP contribution in [0.5, 0.6) is 5.75 Å². The Bertz CT molecular complexity index is 1330. The van der Waals surface area contributed by atoms with Gasteiger partial charge in [-0.2, -0.15) is 0 Å². The molecule has 2 aromatic rings. The number of nitrogens with one attached hydrogen (secondary N) is 1. The molecule has 0 bridgehead atoms. The Morgan fingerprint density at radius 1 is 1.16 bits per heavy atom.